The molecule has 1 amide bonds. The Balaban J connectivity index is 0.00000645. The van der Waals surface area contributed by atoms with Crippen molar-refractivity contribution in [3.05, 3.63) is 89.7 Å². The van der Waals surface area contributed by atoms with Gasteiger partial charge in [0.25, 0.3) is 0 Å². The molecular weight excluding hydrogens is 596 g/mol. The van der Waals surface area contributed by atoms with Crippen molar-refractivity contribution in [2.45, 2.75) is 123 Å². The fraction of sp³-hybridized carbons (Fsp3) is 0.526. The quantitative estimate of drug-likeness (QED) is 0.118. The Morgan fingerprint density at radius 3 is 1.88 bits per heavy atom. The molecule has 0 bridgehead atoms. The summed E-state index contributed by atoms with van der Waals surface area (Å²) in [6.07, 6.45) is 20.4. The van der Waals surface area contributed by atoms with E-state index in [-0.39, 0.29) is 28.3 Å². The first kappa shape index (κ1) is 36.5. The fourth-order valence-electron chi connectivity index (χ4n) is 5.38. The zero-order chi connectivity index (χ0) is 30.0. The molecule has 0 radical (unpaired) electrons. The van der Waals surface area contributed by atoms with Crippen molar-refractivity contribution >= 4 is 11.6 Å². The molecule has 0 saturated heterocycles. The van der Waals surface area contributed by atoms with E-state index in [4.69, 9.17) is 4.74 Å². The number of carbonyl (C=O) groups is 1. The number of hydrogen-bond donors (Lipinski definition) is 1. The highest BCUT2D eigenvalue weighted by atomic mass is 79.9. The molecule has 0 saturated carbocycles. The number of amides is 1. The van der Waals surface area contributed by atoms with Gasteiger partial charge in [-0.25, -0.2) is 4.57 Å². The van der Waals surface area contributed by atoms with Crippen LogP contribution in [0.2, 0.25) is 0 Å². The van der Waals surface area contributed by atoms with E-state index >= 15 is 0 Å². The van der Waals surface area contributed by atoms with Gasteiger partial charge < -0.3 is 27.0 Å². The minimum atomic E-state index is -0.0214. The number of benzene rings is 2. The van der Waals surface area contributed by atoms with Gasteiger partial charge in [-0.2, -0.15) is 0 Å². The van der Waals surface area contributed by atoms with Gasteiger partial charge in [0.2, 0.25) is 5.91 Å². The number of pyridine rings is 1. The summed E-state index contributed by atoms with van der Waals surface area (Å²) in [5, 5.41) is 3.05. The molecule has 3 aromatic rings. The summed E-state index contributed by atoms with van der Waals surface area (Å²) >= 11 is 0. The number of halogens is 1. The van der Waals surface area contributed by atoms with Gasteiger partial charge in [0.1, 0.15) is 5.75 Å². The molecule has 1 aromatic heterocycles. The molecule has 0 fully saturated rings. The second kappa shape index (κ2) is 20.3. The molecule has 2 aromatic carbocycles. The fourth-order valence-corrected chi connectivity index (χ4v) is 5.38. The highest BCUT2D eigenvalue weighted by Gasteiger charge is 2.20. The van der Waals surface area contributed by atoms with Crippen molar-refractivity contribution in [1.82, 2.24) is 0 Å². The molecule has 0 spiro atoms. The van der Waals surface area contributed by atoms with Crippen LogP contribution in [-0.4, -0.2) is 12.5 Å². The Morgan fingerprint density at radius 2 is 1.30 bits per heavy atom. The monoisotopic (exact) mass is 650 g/mol. The Bertz CT molecular complexity index is 1170. The summed E-state index contributed by atoms with van der Waals surface area (Å²) in [7, 11) is 0. The van der Waals surface area contributed by atoms with Crippen LogP contribution in [0.25, 0.3) is 0 Å². The largest absolute Gasteiger partial charge is 1.00 e. The van der Waals surface area contributed by atoms with Gasteiger partial charge in [-0.05, 0) is 41.2 Å². The molecular formula is C38H55BrN2O2. The van der Waals surface area contributed by atoms with Crippen LogP contribution in [-0.2, 0) is 23.2 Å². The van der Waals surface area contributed by atoms with Gasteiger partial charge in [-0.15, -0.1) is 0 Å². The van der Waals surface area contributed by atoms with Crippen LogP contribution in [0.3, 0.4) is 0 Å². The number of rotatable bonds is 19. The Labute approximate surface area is 272 Å². The first-order chi connectivity index (χ1) is 20.3. The number of nitrogens with one attached hydrogen (secondary N) is 1. The number of ether oxygens (including phenoxy) is 1. The Kier molecular flexibility index (Phi) is 17.3. The van der Waals surface area contributed by atoms with Gasteiger partial charge in [-0.1, -0.05) is 129 Å². The molecule has 0 aliphatic rings. The van der Waals surface area contributed by atoms with Crippen LogP contribution in [0.5, 0.6) is 5.75 Å². The van der Waals surface area contributed by atoms with Crippen molar-refractivity contribution in [2.24, 2.45) is 0 Å². The zero-order valence-electron chi connectivity index (χ0n) is 27.2. The van der Waals surface area contributed by atoms with E-state index in [2.05, 4.69) is 80.3 Å². The predicted molar refractivity (Wildman–Crippen MR) is 176 cm³/mol. The molecule has 1 heterocycles. The van der Waals surface area contributed by atoms with Gasteiger partial charge in [0, 0.05) is 23.4 Å². The zero-order valence-corrected chi connectivity index (χ0v) is 28.8. The smallest absolute Gasteiger partial charge is 0.228 e. The van der Waals surface area contributed by atoms with Crippen molar-refractivity contribution in [3.8, 4) is 5.75 Å². The molecule has 236 valence electrons. The topological polar surface area (TPSA) is 42.2 Å². The minimum absolute atomic E-state index is 0. The van der Waals surface area contributed by atoms with Crippen LogP contribution >= 0.6 is 0 Å². The van der Waals surface area contributed by atoms with E-state index in [0.29, 0.717) is 6.42 Å². The lowest BCUT2D eigenvalue weighted by Gasteiger charge is -2.23. The van der Waals surface area contributed by atoms with Crippen LogP contribution < -0.4 is 31.6 Å². The van der Waals surface area contributed by atoms with Crippen LogP contribution in [0.1, 0.15) is 121 Å². The molecule has 1 N–H and O–H groups in total. The molecule has 0 aliphatic carbocycles. The predicted octanol–water partition coefficient (Wildman–Crippen LogP) is 6.59. The van der Waals surface area contributed by atoms with E-state index in [1.807, 2.05) is 30.3 Å². The van der Waals surface area contributed by atoms with Crippen molar-refractivity contribution in [2.75, 3.05) is 11.9 Å². The molecule has 5 heteroatoms. The maximum atomic E-state index is 12.9. The van der Waals surface area contributed by atoms with Crippen LogP contribution in [0, 0.1) is 0 Å². The second-order valence-electron chi connectivity index (χ2n) is 12.8. The van der Waals surface area contributed by atoms with Gasteiger partial charge >= 0.3 is 0 Å². The number of carbonyl (C=O) groups excluding carboxylic acids is 1. The average molecular weight is 652 g/mol. The third kappa shape index (κ3) is 14.6. The SMILES string of the molecule is CCCCCCCCCCCCCCOc1cc(CC(=O)Nc2ccc(C[n+]3ccccc3)cc2)ccc1C(C)(C)C.[Br-]. The Morgan fingerprint density at radius 1 is 0.744 bits per heavy atom. The molecule has 3 rings (SSSR count). The number of nitrogens with zero attached hydrogens (tertiary/aromatic N) is 1. The van der Waals surface area contributed by atoms with Gasteiger partial charge in [0.15, 0.2) is 18.9 Å². The van der Waals surface area contributed by atoms with E-state index < -0.39 is 0 Å². The van der Waals surface area contributed by atoms with Gasteiger partial charge in [-0.3, -0.25) is 4.79 Å². The maximum Gasteiger partial charge on any atom is 0.228 e. The second-order valence-corrected chi connectivity index (χ2v) is 12.8. The molecule has 0 aliphatic heterocycles. The molecule has 4 nitrogen and oxygen atoms in total. The summed E-state index contributed by atoms with van der Waals surface area (Å²) in [5.41, 5.74) is 4.15. The lowest BCUT2D eigenvalue weighted by atomic mass is 9.85. The number of aromatic nitrogens is 1. The van der Waals surface area contributed by atoms with Crippen molar-refractivity contribution in [3.63, 3.8) is 0 Å². The summed E-state index contributed by atoms with van der Waals surface area (Å²) in [5.74, 6) is 0.897. The maximum absolute atomic E-state index is 12.9. The van der Waals surface area contributed by atoms with E-state index in [1.165, 1.54) is 81.8 Å². The van der Waals surface area contributed by atoms with Crippen LogP contribution in [0.4, 0.5) is 5.69 Å². The van der Waals surface area contributed by atoms with Crippen LogP contribution in [0.15, 0.2) is 73.1 Å². The third-order valence-electron chi connectivity index (χ3n) is 7.85. The highest BCUT2D eigenvalue weighted by Crippen LogP contribution is 2.32. The molecule has 0 unspecified atom stereocenters. The average Bonchev–Trinajstić information content (AvgIpc) is 2.96. The lowest BCUT2D eigenvalue weighted by molar-refractivity contribution is -0.688. The van der Waals surface area contributed by atoms with Crippen molar-refractivity contribution < 1.29 is 31.1 Å². The summed E-state index contributed by atoms with van der Waals surface area (Å²) < 4.78 is 8.46. The van der Waals surface area contributed by atoms with E-state index in [9.17, 15) is 4.79 Å². The number of hydrogen-bond acceptors (Lipinski definition) is 2. The van der Waals surface area contributed by atoms with Gasteiger partial charge in [0.05, 0.1) is 13.0 Å². The summed E-state index contributed by atoms with van der Waals surface area (Å²) in [6, 6.07) is 20.4. The summed E-state index contributed by atoms with van der Waals surface area (Å²) in [6.45, 7) is 10.4. The normalized spacial score (nSPS) is 11.2. The number of unbranched alkanes of at least 4 members (excludes halogenated alkanes) is 11. The van der Waals surface area contributed by atoms with Crippen molar-refractivity contribution in [1.29, 1.82) is 0 Å². The lowest BCUT2D eigenvalue weighted by Crippen LogP contribution is -3.00. The third-order valence-corrected chi connectivity index (χ3v) is 7.85. The highest BCUT2D eigenvalue weighted by molar-refractivity contribution is 5.92. The number of anilines is 1. The summed E-state index contributed by atoms with van der Waals surface area (Å²) in [4.78, 5) is 12.9. The van der Waals surface area contributed by atoms with E-state index in [0.717, 1.165) is 36.6 Å². The Hall–Kier alpha value is -2.66. The molecule has 0 atom stereocenters. The molecule has 43 heavy (non-hydrogen) atoms. The standard InChI is InChI=1S/C38H54N2O2.BrH/c1-5-6-7-8-9-10-11-12-13-14-15-19-28-42-36-29-33(22-25-35(36)38(2,3)4)30-37(41)39-34-23-20-32(21-24-34)31-40-26-17-16-18-27-40;/h16-18,20-27,29H,5-15,19,28,30-31H2,1-4H3;1H. The first-order valence-electron chi connectivity index (χ1n) is 16.4. The first-order valence-corrected chi connectivity index (χ1v) is 16.4. The minimum Gasteiger partial charge on any atom is -1.00 e. The van der Waals surface area contributed by atoms with E-state index in [1.54, 1.807) is 0 Å².